The van der Waals surface area contributed by atoms with E-state index in [1.54, 1.807) is 0 Å². The number of rotatable bonds is 4. The van der Waals surface area contributed by atoms with Crippen LogP contribution in [0.4, 0.5) is 5.69 Å². The summed E-state index contributed by atoms with van der Waals surface area (Å²) in [4.78, 5) is 7.24. The predicted octanol–water partition coefficient (Wildman–Crippen LogP) is 1.31. The Morgan fingerprint density at radius 2 is 2.14 bits per heavy atom. The van der Waals surface area contributed by atoms with Crippen molar-refractivity contribution in [2.24, 2.45) is 5.73 Å². The molecule has 0 aromatic heterocycles. The molecule has 2 aliphatic rings. The van der Waals surface area contributed by atoms with Crippen LogP contribution in [0.15, 0.2) is 18.2 Å². The summed E-state index contributed by atoms with van der Waals surface area (Å²) in [5.74, 6) is 0. The van der Waals surface area contributed by atoms with E-state index >= 15 is 0 Å². The summed E-state index contributed by atoms with van der Waals surface area (Å²) in [6.07, 6.45) is 2.41. The van der Waals surface area contributed by atoms with Crippen molar-refractivity contribution in [3.05, 3.63) is 29.3 Å². The van der Waals surface area contributed by atoms with Crippen LogP contribution in [0.1, 0.15) is 23.6 Å². The molecule has 2 atom stereocenters. The normalized spacial score (nSPS) is 23.9. The zero-order valence-corrected chi connectivity index (χ0v) is 13.5. The highest BCUT2D eigenvalue weighted by Gasteiger charge is 2.30. The average molecular weight is 288 g/mol. The SMILES string of the molecule is CN1CCc2cc(C(CN)N3CCC(N(C)C)C3)ccc21. The van der Waals surface area contributed by atoms with E-state index in [2.05, 4.69) is 54.0 Å². The first kappa shape index (κ1) is 14.8. The molecule has 0 aliphatic carbocycles. The first-order chi connectivity index (χ1) is 10.1. The van der Waals surface area contributed by atoms with Gasteiger partial charge in [0, 0.05) is 51.0 Å². The van der Waals surface area contributed by atoms with Gasteiger partial charge in [-0.2, -0.15) is 0 Å². The van der Waals surface area contributed by atoms with Crippen molar-refractivity contribution in [3.8, 4) is 0 Å². The minimum absolute atomic E-state index is 0.367. The first-order valence-electron chi connectivity index (χ1n) is 8.04. The van der Waals surface area contributed by atoms with Crippen molar-refractivity contribution in [1.29, 1.82) is 0 Å². The maximum absolute atomic E-state index is 6.11. The molecule has 4 nitrogen and oxygen atoms in total. The molecule has 0 bridgehead atoms. The van der Waals surface area contributed by atoms with E-state index in [-0.39, 0.29) is 0 Å². The maximum Gasteiger partial charge on any atom is 0.0471 e. The standard InChI is InChI=1S/C17H28N4/c1-19(2)15-7-9-21(12-15)17(11-18)13-4-5-16-14(10-13)6-8-20(16)3/h4-5,10,15,17H,6-9,11-12,18H2,1-3H3. The van der Waals surface area contributed by atoms with Crippen LogP contribution in [0.3, 0.4) is 0 Å². The minimum Gasteiger partial charge on any atom is -0.374 e. The Morgan fingerprint density at radius 3 is 2.81 bits per heavy atom. The van der Waals surface area contributed by atoms with Gasteiger partial charge in [0.25, 0.3) is 0 Å². The quantitative estimate of drug-likeness (QED) is 0.906. The van der Waals surface area contributed by atoms with Crippen molar-refractivity contribution in [2.45, 2.75) is 24.9 Å². The summed E-state index contributed by atoms with van der Waals surface area (Å²) in [5.41, 5.74) is 10.4. The Labute approximate surface area is 128 Å². The maximum atomic E-state index is 6.11. The summed E-state index contributed by atoms with van der Waals surface area (Å²) < 4.78 is 0. The molecular weight excluding hydrogens is 260 g/mol. The van der Waals surface area contributed by atoms with Gasteiger partial charge in [0.1, 0.15) is 0 Å². The van der Waals surface area contributed by atoms with Crippen molar-refractivity contribution in [1.82, 2.24) is 9.80 Å². The minimum atomic E-state index is 0.367. The number of nitrogens with zero attached hydrogens (tertiary/aromatic N) is 3. The molecule has 4 heteroatoms. The molecule has 2 aliphatic heterocycles. The smallest absolute Gasteiger partial charge is 0.0471 e. The number of benzene rings is 1. The fourth-order valence-electron chi connectivity index (χ4n) is 3.76. The van der Waals surface area contributed by atoms with Crippen LogP contribution in [0.5, 0.6) is 0 Å². The van der Waals surface area contributed by atoms with Gasteiger partial charge in [-0.25, -0.2) is 0 Å². The lowest BCUT2D eigenvalue weighted by atomic mass is 10.0. The molecule has 2 N–H and O–H groups in total. The molecule has 0 radical (unpaired) electrons. The van der Waals surface area contributed by atoms with E-state index in [9.17, 15) is 0 Å². The van der Waals surface area contributed by atoms with Crippen LogP contribution in [0.2, 0.25) is 0 Å². The second-order valence-corrected chi connectivity index (χ2v) is 6.71. The summed E-state index contributed by atoms with van der Waals surface area (Å²) in [6.45, 7) is 4.13. The fraction of sp³-hybridized carbons (Fsp3) is 0.647. The number of nitrogens with two attached hydrogens (primary N) is 1. The molecule has 2 heterocycles. The van der Waals surface area contributed by atoms with Gasteiger partial charge in [0.15, 0.2) is 0 Å². The largest absolute Gasteiger partial charge is 0.374 e. The van der Waals surface area contributed by atoms with Crippen LogP contribution >= 0.6 is 0 Å². The van der Waals surface area contributed by atoms with E-state index in [0.29, 0.717) is 18.6 Å². The number of anilines is 1. The van der Waals surface area contributed by atoms with E-state index in [0.717, 1.165) is 26.1 Å². The van der Waals surface area contributed by atoms with Gasteiger partial charge in [-0.05, 0) is 44.1 Å². The molecule has 116 valence electrons. The molecular formula is C17H28N4. The summed E-state index contributed by atoms with van der Waals surface area (Å²) in [6, 6.07) is 7.98. The van der Waals surface area contributed by atoms with Crippen LogP contribution < -0.4 is 10.6 Å². The second kappa shape index (κ2) is 5.95. The van der Waals surface area contributed by atoms with E-state index in [4.69, 9.17) is 5.73 Å². The number of likely N-dealkylation sites (tertiary alicyclic amines) is 1. The van der Waals surface area contributed by atoms with E-state index in [1.165, 1.54) is 23.2 Å². The molecule has 2 unspecified atom stereocenters. The van der Waals surface area contributed by atoms with Gasteiger partial charge in [-0.1, -0.05) is 12.1 Å². The Morgan fingerprint density at radius 1 is 1.33 bits per heavy atom. The number of likely N-dealkylation sites (N-methyl/N-ethyl adjacent to an activating group) is 2. The third kappa shape index (κ3) is 2.80. The summed E-state index contributed by atoms with van der Waals surface area (Å²) in [7, 11) is 6.53. The Balaban J connectivity index is 1.78. The predicted molar refractivity (Wildman–Crippen MR) is 88.9 cm³/mol. The number of hydrogen-bond acceptors (Lipinski definition) is 4. The zero-order chi connectivity index (χ0) is 15.0. The molecule has 0 saturated carbocycles. The zero-order valence-electron chi connectivity index (χ0n) is 13.5. The fourth-order valence-corrected chi connectivity index (χ4v) is 3.76. The van der Waals surface area contributed by atoms with Gasteiger partial charge >= 0.3 is 0 Å². The highest BCUT2D eigenvalue weighted by molar-refractivity contribution is 5.58. The monoisotopic (exact) mass is 288 g/mol. The third-order valence-corrected chi connectivity index (χ3v) is 5.21. The molecule has 1 aromatic rings. The van der Waals surface area contributed by atoms with Crippen LogP contribution in [0.25, 0.3) is 0 Å². The Hall–Kier alpha value is -1.10. The molecule has 3 rings (SSSR count). The highest BCUT2D eigenvalue weighted by atomic mass is 15.3. The lowest BCUT2D eigenvalue weighted by Crippen LogP contribution is -2.36. The molecule has 0 amide bonds. The highest BCUT2D eigenvalue weighted by Crippen LogP contribution is 2.32. The number of hydrogen-bond donors (Lipinski definition) is 1. The van der Waals surface area contributed by atoms with Crippen LogP contribution in [0, 0.1) is 0 Å². The second-order valence-electron chi connectivity index (χ2n) is 6.71. The van der Waals surface area contributed by atoms with Crippen molar-refractivity contribution in [3.63, 3.8) is 0 Å². The third-order valence-electron chi connectivity index (χ3n) is 5.21. The molecule has 1 fully saturated rings. The molecule has 0 spiro atoms. The lowest BCUT2D eigenvalue weighted by molar-refractivity contribution is 0.220. The van der Waals surface area contributed by atoms with Gasteiger partial charge in [-0.15, -0.1) is 0 Å². The topological polar surface area (TPSA) is 35.7 Å². The van der Waals surface area contributed by atoms with E-state index in [1.807, 2.05) is 0 Å². The summed E-state index contributed by atoms with van der Waals surface area (Å²) in [5, 5.41) is 0. The lowest BCUT2D eigenvalue weighted by Gasteiger charge is -2.28. The van der Waals surface area contributed by atoms with Crippen molar-refractivity contribution in [2.75, 3.05) is 52.2 Å². The van der Waals surface area contributed by atoms with Gasteiger partial charge in [0.2, 0.25) is 0 Å². The Kier molecular flexibility index (Phi) is 4.20. The molecule has 1 saturated heterocycles. The average Bonchev–Trinajstić information content (AvgIpc) is 3.08. The van der Waals surface area contributed by atoms with Gasteiger partial charge in [-0.3, -0.25) is 4.90 Å². The van der Waals surface area contributed by atoms with Crippen LogP contribution in [-0.4, -0.2) is 63.2 Å². The Bertz CT molecular complexity index is 500. The van der Waals surface area contributed by atoms with Crippen molar-refractivity contribution < 1.29 is 0 Å². The van der Waals surface area contributed by atoms with Gasteiger partial charge < -0.3 is 15.5 Å². The van der Waals surface area contributed by atoms with Crippen molar-refractivity contribution >= 4 is 5.69 Å². The molecule has 21 heavy (non-hydrogen) atoms. The van der Waals surface area contributed by atoms with Crippen LogP contribution in [-0.2, 0) is 6.42 Å². The number of fused-ring (bicyclic) bond motifs is 1. The van der Waals surface area contributed by atoms with Gasteiger partial charge in [0.05, 0.1) is 0 Å². The summed E-state index contributed by atoms with van der Waals surface area (Å²) >= 11 is 0. The first-order valence-corrected chi connectivity index (χ1v) is 8.04. The molecule has 1 aromatic carbocycles. The van der Waals surface area contributed by atoms with E-state index < -0.39 is 0 Å².